The fourth-order valence-electron chi connectivity index (χ4n) is 0.410. The molecule has 0 aliphatic heterocycles. The predicted octanol–water partition coefficient (Wildman–Crippen LogP) is 1.21. The average Bonchev–Trinajstić information content (AvgIpc) is 1.95. The number of isocyanates is 1. The number of hydrogen-bond donors (Lipinski definition) is 0. The van der Waals surface area contributed by atoms with Gasteiger partial charge in [-0.05, 0) is 15.9 Å². The van der Waals surface area contributed by atoms with Crippen molar-refractivity contribution in [2.24, 2.45) is 4.99 Å². The molecule has 0 N–H and O–H groups in total. The summed E-state index contributed by atoms with van der Waals surface area (Å²) >= 11 is 3.08. The zero-order chi connectivity index (χ0) is 7.40. The Balaban J connectivity index is 3.00. The van der Waals surface area contributed by atoms with Crippen molar-refractivity contribution in [3.05, 3.63) is 17.0 Å². The molecule has 0 saturated heterocycles. The van der Waals surface area contributed by atoms with Crippen LogP contribution in [-0.4, -0.2) is 16.0 Å². The SMILES string of the molecule is O=C=Nc1cnc(Br)cn1. The first kappa shape index (κ1) is 7.05. The highest BCUT2D eigenvalue weighted by molar-refractivity contribution is 9.10. The van der Waals surface area contributed by atoms with Gasteiger partial charge in [0.15, 0.2) is 5.82 Å². The molecule has 1 rings (SSSR count). The van der Waals surface area contributed by atoms with E-state index < -0.39 is 0 Å². The van der Waals surface area contributed by atoms with Gasteiger partial charge in [-0.25, -0.2) is 14.8 Å². The van der Waals surface area contributed by atoms with Crippen LogP contribution < -0.4 is 0 Å². The molecule has 0 radical (unpaired) electrons. The molecule has 0 amide bonds. The number of carbonyl (C=O) groups excluding carboxylic acids is 1. The second-order valence-electron chi connectivity index (χ2n) is 1.40. The van der Waals surface area contributed by atoms with Crippen LogP contribution in [0.3, 0.4) is 0 Å². The highest BCUT2D eigenvalue weighted by Crippen LogP contribution is 2.07. The van der Waals surface area contributed by atoms with E-state index >= 15 is 0 Å². The van der Waals surface area contributed by atoms with Crippen molar-refractivity contribution in [2.75, 3.05) is 0 Å². The number of halogens is 1. The molecule has 4 nitrogen and oxygen atoms in total. The standard InChI is InChI=1S/C5H2BrN3O/c6-4-1-8-5(2-7-4)9-3-10/h1-2H. The first-order valence-electron chi connectivity index (χ1n) is 2.38. The quantitative estimate of drug-likeness (QED) is 0.505. The maximum Gasteiger partial charge on any atom is 0.242 e. The van der Waals surface area contributed by atoms with Crippen LogP contribution in [-0.2, 0) is 4.79 Å². The lowest BCUT2D eigenvalue weighted by Gasteiger charge is -1.86. The molecule has 50 valence electrons. The highest BCUT2D eigenvalue weighted by Gasteiger charge is 1.89. The smallest absolute Gasteiger partial charge is 0.242 e. The Kier molecular flexibility index (Phi) is 2.25. The van der Waals surface area contributed by atoms with Crippen molar-refractivity contribution in [3.63, 3.8) is 0 Å². The summed E-state index contributed by atoms with van der Waals surface area (Å²) in [5.41, 5.74) is 0. The molecule has 0 aliphatic carbocycles. The van der Waals surface area contributed by atoms with Gasteiger partial charge in [0.25, 0.3) is 0 Å². The fourth-order valence-corrected chi connectivity index (χ4v) is 0.615. The number of hydrogen-bond acceptors (Lipinski definition) is 4. The molecule has 0 spiro atoms. The zero-order valence-corrected chi connectivity index (χ0v) is 6.37. The summed E-state index contributed by atoms with van der Waals surface area (Å²) in [4.78, 5) is 20.4. The minimum atomic E-state index is 0.262. The van der Waals surface area contributed by atoms with Crippen molar-refractivity contribution in [2.45, 2.75) is 0 Å². The van der Waals surface area contributed by atoms with Gasteiger partial charge in [0.1, 0.15) is 4.60 Å². The van der Waals surface area contributed by atoms with E-state index in [1.54, 1.807) is 0 Å². The largest absolute Gasteiger partial charge is 0.244 e. The van der Waals surface area contributed by atoms with Crippen LogP contribution in [0.4, 0.5) is 5.82 Å². The summed E-state index contributed by atoms with van der Waals surface area (Å²) in [6.07, 6.45) is 4.19. The summed E-state index contributed by atoms with van der Waals surface area (Å²) in [7, 11) is 0. The van der Waals surface area contributed by atoms with E-state index in [0.717, 1.165) is 0 Å². The number of nitrogens with zero attached hydrogens (tertiary/aromatic N) is 3. The van der Waals surface area contributed by atoms with Crippen molar-refractivity contribution >= 4 is 27.8 Å². The lowest BCUT2D eigenvalue weighted by molar-refractivity contribution is 0.565. The van der Waals surface area contributed by atoms with Crippen molar-refractivity contribution in [1.82, 2.24) is 9.97 Å². The van der Waals surface area contributed by atoms with Gasteiger partial charge in [-0.3, -0.25) is 0 Å². The van der Waals surface area contributed by atoms with E-state index in [-0.39, 0.29) is 5.82 Å². The lowest BCUT2D eigenvalue weighted by atomic mass is 10.7. The van der Waals surface area contributed by atoms with Crippen LogP contribution in [0.5, 0.6) is 0 Å². The van der Waals surface area contributed by atoms with Crippen LogP contribution >= 0.6 is 15.9 Å². The Morgan fingerprint density at radius 3 is 2.80 bits per heavy atom. The van der Waals surface area contributed by atoms with E-state index in [2.05, 4.69) is 30.9 Å². The Hall–Kier alpha value is -1.06. The van der Waals surface area contributed by atoms with Crippen molar-refractivity contribution < 1.29 is 4.79 Å². The molecule has 0 aromatic carbocycles. The molecular formula is C5H2BrN3O. The topological polar surface area (TPSA) is 55.2 Å². The first-order valence-corrected chi connectivity index (χ1v) is 3.17. The maximum atomic E-state index is 9.69. The monoisotopic (exact) mass is 199 g/mol. The summed E-state index contributed by atoms with van der Waals surface area (Å²) in [5, 5.41) is 0. The second kappa shape index (κ2) is 3.20. The van der Waals surface area contributed by atoms with Gasteiger partial charge in [0, 0.05) is 0 Å². The summed E-state index contributed by atoms with van der Waals surface area (Å²) in [6.45, 7) is 0. The molecule has 5 heteroatoms. The Morgan fingerprint density at radius 2 is 2.30 bits per heavy atom. The second-order valence-corrected chi connectivity index (χ2v) is 2.21. The van der Waals surface area contributed by atoms with Gasteiger partial charge in [0.2, 0.25) is 6.08 Å². The molecule has 1 aromatic heterocycles. The highest BCUT2D eigenvalue weighted by atomic mass is 79.9. The summed E-state index contributed by atoms with van der Waals surface area (Å²) in [6, 6.07) is 0. The molecule has 1 heterocycles. The molecule has 10 heavy (non-hydrogen) atoms. The molecule has 1 aromatic rings. The molecule has 0 saturated carbocycles. The number of rotatable bonds is 1. The fraction of sp³-hybridized carbons (Fsp3) is 0. The van der Waals surface area contributed by atoms with Crippen LogP contribution in [0.1, 0.15) is 0 Å². The van der Waals surface area contributed by atoms with Gasteiger partial charge in [-0.1, -0.05) is 0 Å². The van der Waals surface area contributed by atoms with E-state index in [1.165, 1.54) is 18.5 Å². The van der Waals surface area contributed by atoms with Crippen molar-refractivity contribution in [1.29, 1.82) is 0 Å². The summed E-state index contributed by atoms with van der Waals surface area (Å²) < 4.78 is 0.609. The number of aromatic nitrogens is 2. The molecule has 0 aliphatic rings. The Morgan fingerprint density at radius 1 is 1.50 bits per heavy atom. The van der Waals surface area contributed by atoms with E-state index in [0.29, 0.717) is 4.60 Å². The summed E-state index contributed by atoms with van der Waals surface area (Å²) in [5.74, 6) is 0.262. The average molecular weight is 200 g/mol. The Bertz CT molecular complexity index is 265. The van der Waals surface area contributed by atoms with Gasteiger partial charge < -0.3 is 0 Å². The van der Waals surface area contributed by atoms with Gasteiger partial charge in [0.05, 0.1) is 12.4 Å². The van der Waals surface area contributed by atoms with E-state index in [4.69, 9.17) is 0 Å². The minimum Gasteiger partial charge on any atom is -0.244 e. The Labute approximate surface area is 65.2 Å². The first-order chi connectivity index (χ1) is 4.83. The third kappa shape index (κ3) is 1.72. The molecular weight excluding hydrogens is 198 g/mol. The van der Waals surface area contributed by atoms with Gasteiger partial charge >= 0.3 is 0 Å². The molecule has 0 bridgehead atoms. The molecule has 0 atom stereocenters. The molecule has 0 fully saturated rings. The van der Waals surface area contributed by atoms with Crippen LogP contribution in [0.15, 0.2) is 22.0 Å². The predicted molar refractivity (Wildman–Crippen MR) is 37.5 cm³/mol. The normalized spacial score (nSPS) is 8.50. The number of aliphatic imine (C=N–C) groups is 1. The third-order valence-electron chi connectivity index (χ3n) is 0.767. The lowest BCUT2D eigenvalue weighted by Crippen LogP contribution is -1.77. The zero-order valence-electron chi connectivity index (χ0n) is 4.78. The van der Waals surface area contributed by atoms with Gasteiger partial charge in [-0.2, -0.15) is 0 Å². The van der Waals surface area contributed by atoms with Gasteiger partial charge in [-0.15, -0.1) is 4.99 Å². The van der Waals surface area contributed by atoms with Crippen LogP contribution in [0.25, 0.3) is 0 Å². The molecule has 0 unspecified atom stereocenters. The third-order valence-corrected chi connectivity index (χ3v) is 1.18. The van der Waals surface area contributed by atoms with Crippen LogP contribution in [0, 0.1) is 0 Å². The van der Waals surface area contributed by atoms with E-state index in [9.17, 15) is 4.79 Å². The minimum absolute atomic E-state index is 0.262. The van der Waals surface area contributed by atoms with E-state index in [1.807, 2.05) is 0 Å². The van der Waals surface area contributed by atoms with Crippen LogP contribution in [0.2, 0.25) is 0 Å². The maximum absolute atomic E-state index is 9.69. The van der Waals surface area contributed by atoms with Crippen molar-refractivity contribution in [3.8, 4) is 0 Å².